The topological polar surface area (TPSA) is 68.2 Å². The zero-order chi connectivity index (χ0) is 14.0. The van der Waals surface area contributed by atoms with E-state index in [9.17, 15) is 0 Å². The van der Waals surface area contributed by atoms with E-state index in [0.29, 0.717) is 11.7 Å². The predicted octanol–water partition coefficient (Wildman–Crippen LogP) is 2.46. The first-order valence-electron chi connectivity index (χ1n) is 6.36. The highest BCUT2D eigenvalue weighted by molar-refractivity contribution is 5.58. The van der Waals surface area contributed by atoms with Crippen molar-refractivity contribution in [3.63, 3.8) is 0 Å². The lowest BCUT2D eigenvalue weighted by Crippen LogP contribution is -2.18. The third-order valence-corrected chi connectivity index (χ3v) is 3.09. The van der Waals surface area contributed by atoms with Crippen molar-refractivity contribution in [2.24, 2.45) is 11.7 Å². The minimum absolute atomic E-state index is 0.196. The van der Waals surface area contributed by atoms with Crippen molar-refractivity contribution in [1.82, 2.24) is 10.1 Å². The second-order valence-electron chi connectivity index (χ2n) is 5.17. The van der Waals surface area contributed by atoms with Crippen molar-refractivity contribution < 1.29 is 4.52 Å². The van der Waals surface area contributed by atoms with E-state index in [0.717, 1.165) is 11.3 Å². The summed E-state index contributed by atoms with van der Waals surface area (Å²) in [7, 11) is 4.00. The highest BCUT2D eigenvalue weighted by Crippen LogP contribution is 2.23. The summed E-state index contributed by atoms with van der Waals surface area (Å²) >= 11 is 0. The minimum atomic E-state index is -0.196. The number of hydrogen-bond donors (Lipinski definition) is 1. The maximum absolute atomic E-state index is 6.00. The molecule has 1 aromatic heterocycles. The Balaban J connectivity index is 2.23. The molecule has 2 aromatic rings. The molecule has 1 aromatic carbocycles. The van der Waals surface area contributed by atoms with Crippen LogP contribution in [0.3, 0.4) is 0 Å². The van der Waals surface area contributed by atoms with Gasteiger partial charge in [0.2, 0.25) is 0 Å². The number of aromatic nitrogens is 2. The van der Waals surface area contributed by atoms with E-state index in [2.05, 4.69) is 10.1 Å². The summed E-state index contributed by atoms with van der Waals surface area (Å²) < 4.78 is 5.27. The molecule has 0 aliphatic rings. The minimum Gasteiger partial charge on any atom is -0.378 e. The van der Waals surface area contributed by atoms with Gasteiger partial charge < -0.3 is 15.2 Å². The van der Waals surface area contributed by atoms with Gasteiger partial charge in [0.05, 0.1) is 6.04 Å². The van der Waals surface area contributed by atoms with Crippen LogP contribution in [0.1, 0.15) is 25.7 Å². The molecule has 2 rings (SSSR count). The van der Waals surface area contributed by atoms with Gasteiger partial charge in [-0.05, 0) is 30.2 Å². The van der Waals surface area contributed by atoms with Crippen molar-refractivity contribution >= 4 is 5.69 Å². The molecule has 2 N–H and O–H groups in total. The van der Waals surface area contributed by atoms with Crippen molar-refractivity contribution in [2.75, 3.05) is 19.0 Å². The van der Waals surface area contributed by atoms with Gasteiger partial charge in [-0.1, -0.05) is 19.0 Å². The summed E-state index contributed by atoms with van der Waals surface area (Å²) in [4.78, 5) is 6.40. The van der Waals surface area contributed by atoms with Crippen LogP contribution in [0.2, 0.25) is 0 Å². The van der Waals surface area contributed by atoms with Crippen LogP contribution >= 0.6 is 0 Å². The Hall–Kier alpha value is -1.88. The molecule has 0 radical (unpaired) electrons. The van der Waals surface area contributed by atoms with Crippen LogP contribution < -0.4 is 10.6 Å². The smallest absolute Gasteiger partial charge is 0.257 e. The maximum atomic E-state index is 6.00. The van der Waals surface area contributed by atoms with Gasteiger partial charge >= 0.3 is 0 Å². The molecule has 102 valence electrons. The van der Waals surface area contributed by atoms with Gasteiger partial charge in [-0.25, -0.2) is 0 Å². The largest absolute Gasteiger partial charge is 0.378 e. The number of anilines is 1. The number of nitrogens with zero attached hydrogens (tertiary/aromatic N) is 3. The van der Waals surface area contributed by atoms with Crippen LogP contribution in [0, 0.1) is 5.92 Å². The molecule has 0 bridgehead atoms. The highest BCUT2D eigenvalue weighted by Gasteiger charge is 2.18. The second-order valence-corrected chi connectivity index (χ2v) is 5.17. The molecule has 0 amide bonds. The van der Waals surface area contributed by atoms with Gasteiger partial charge in [-0.2, -0.15) is 4.98 Å². The van der Waals surface area contributed by atoms with E-state index < -0.39 is 0 Å². The standard InChI is InChI=1S/C14H20N4O/c1-9(2)12(15)13-16-14(19-17-13)10-5-7-11(8-6-10)18(3)4/h5-9,12H,15H2,1-4H3. The Morgan fingerprint density at radius 2 is 1.79 bits per heavy atom. The Kier molecular flexibility index (Phi) is 3.85. The molecule has 1 unspecified atom stereocenters. The predicted molar refractivity (Wildman–Crippen MR) is 75.8 cm³/mol. The molecule has 5 heteroatoms. The lowest BCUT2D eigenvalue weighted by molar-refractivity contribution is 0.400. The molecular formula is C14H20N4O. The molecular weight excluding hydrogens is 240 g/mol. The maximum Gasteiger partial charge on any atom is 0.257 e. The van der Waals surface area contributed by atoms with Crippen LogP contribution in [-0.2, 0) is 0 Å². The summed E-state index contributed by atoms with van der Waals surface area (Å²) in [5.41, 5.74) is 8.03. The van der Waals surface area contributed by atoms with E-state index in [1.807, 2.05) is 57.1 Å². The van der Waals surface area contributed by atoms with Crippen molar-refractivity contribution in [3.8, 4) is 11.5 Å². The van der Waals surface area contributed by atoms with Crippen molar-refractivity contribution in [3.05, 3.63) is 30.1 Å². The average Bonchev–Trinajstić information content (AvgIpc) is 2.87. The van der Waals surface area contributed by atoms with Gasteiger partial charge in [0.25, 0.3) is 5.89 Å². The van der Waals surface area contributed by atoms with E-state index in [-0.39, 0.29) is 12.0 Å². The third-order valence-electron chi connectivity index (χ3n) is 3.09. The zero-order valence-electron chi connectivity index (χ0n) is 11.8. The summed E-state index contributed by atoms with van der Waals surface area (Å²) in [5.74, 6) is 1.35. The highest BCUT2D eigenvalue weighted by atomic mass is 16.5. The van der Waals surface area contributed by atoms with Crippen LogP contribution in [0.15, 0.2) is 28.8 Å². The fourth-order valence-electron chi connectivity index (χ4n) is 1.69. The van der Waals surface area contributed by atoms with Gasteiger partial charge in [0.15, 0.2) is 5.82 Å². The van der Waals surface area contributed by atoms with E-state index in [1.165, 1.54) is 0 Å². The van der Waals surface area contributed by atoms with E-state index >= 15 is 0 Å². The zero-order valence-corrected chi connectivity index (χ0v) is 11.8. The molecule has 1 atom stereocenters. The summed E-state index contributed by atoms with van der Waals surface area (Å²) in [6.45, 7) is 4.07. The van der Waals surface area contributed by atoms with Crippen LogP contribution in [-0.4, -0.2) is 24.2 Å². The summed E-state index contributed by atoms with van der Waals surface area (Å²) in [6, 6.07) is 7.77. The molecule has 0 spiro atoms. The fourth-order valence-corrected chi connectivity index (χ4v) is 1.69. The molecule has 0 saturated carbocycles. The average molecular weight is 260 g/mol. The van der Waals surface area contributed by atoms with Gasteiger partial charge in [-0.3, -0.25) is 0 Å². The summed E-state index contributed by atoms with van der Waals surface area (Å²) in [6.07, 6.45) is 0. The normalized spacial score (nSPS) is 12.7. The van der Waals surface area contributed by atoms with Gasteiger partial charge in [0, 0.05) is 25.3 Å². The lowest BCUT2D eigenvalue weighted by atomic mass is 10.1. The fraction of sp³-hybridized carbons (Fsp3) is 0.429. The van der Waals surface area contributed by atoms with Crippen molar-refractivity contribution in [1.29, 1.82) is 0 Å². The third kappa shape index (κ3) is 2.93. The summed E-state index contributed by atoms with van der Waals surface area (Å²) in [5, 5.41) is 3.95. The lowest BCUT2D eigenvalue weighted by Gasteiger charge is -2.11. The first kappa shape index (κ1) is 13.5. The Labute approximate surface area is 113 Å². The quantitative estimate of drug-likeness (QED) is 0.914. The number of rotatable bonds is 4. The van der Waals surface area contributed by atoms with E-state index in [4.69, 9.17) is 10.3 Å². The van der Waals surface area contributed by atoms with Gasteiger partial charge in [-0.15, -0.1) is 0 Å². The molecule has 0 aliphatic carbocycles. The van der Waals surface area contributed by atoms with Crippen molar-refractivity contribution in [2.45, 2.75) is 19.9 Å². The van der Waals surface area contributed by atoms with Crippen LogP contribution in [0.25, 0.3) is 11.5 Å². The number of hydrogen-bond acceptors (Lipinski definition) is 5. The molecule has 1 heterocycles. The Morgan fingerprint density at radius 3 is 2.32 bits per heavy atom. The molecule has 0 saturated heterocycles. The molecule has 5 nitrogen and oxygen atoms in total. The SMILES string of the molecule is CC(C)C(N)c1noc(-c2ccc(N(C)C)cc2)n1. The Bertz CT molecular complexity index is 531. The van der Waals surface area contributed by atoms with Gasteiger partial charge in [0.1, 0.15) is 0 Å². The van der Waals surface area contributed by atoms with E-state index in [1.54, 1.807) is 0 Å². The van der Waals surface area contributed by atoms with Crippen LogP contribution in [0.4, 0.5) is 5.69 Å². The number of nitrogens with two attached hydrogens (primary N) is 1. The first-order valence-corrected chi connectivity index (χ1v) is 6.36. The second kappa shape index (κ2) is 5.40. The molecule has 0 fully saturated rings. The number of benzene rings is 1. The van der Waals surface area contributed by atoms with Crippen LogP contribution in [0.5, 0.6) is 0 Å². The first-order chi connectivity index (χ1) is 8.99. The Morgan fingerprint density at radius 1 is 1.16 bits per heavy atom. The monoisotopic (exact) mass is 260 g/mol. The molecule has 19 heavy (non-hydrogen) atoms. The molecule has 0 aliphatic heterocycles.